The minimum Gasteiger partial charge on any atom is -0.353 e. The Balaban J connectivity index is 1.87. The fourth-order valence-corrected chi connectivity index (χ4v) is 4.46. The van der Waals surface area contributed by atoms with Crippen LogP contribution < -0.4 is 4.90 Å². The molecule has 5 heteroatoms. The summed E-state index contributed by atoms with van der Waals surface area (Å²) >= 11 is 1.80. The van der Waals surface area contributed by atoms with Crippen molar-refractivity contribution in [2.45, 2.75) is 6.92 Å². The van der Waals surface area contributed by atoms with E-state index in [9.17, 15) is 0 Å². The van der Waals surface area contributed by atoms with Crippen LogP contribution in [0, 0.1) is 19.3 Å². The van der Waals surface area contributed by atoms with Crippen LogP contribution in [-0.2, 0) is 0 Å². The number of rotatable bonds is 1. The topological polar surface area (TPSA) is 22.1 Å². The van der Waals surface area contributed by atoms with E-state index in [0.717, 1.165) is 43.4 Å². The maximum Gasteiger partial charge on any atom is 0.139 e. The predicted molar refractivity (Wildman–Crippen MR) is 107 cm³/mol. The van der Waals surface area contributed by atoms with Crippen molar-refractivity contribution in [2.24, 2.45) is 4.99 Å². The first-order valence-corrected chi connectivity index (χ1v) is 9.42. The molecule has 25 heavy (non-hydrogen) atoms. The minimum absolute atomic E-state index is 0.551. The summed E-state index contributed by atoms with van der Waals surface area (Å²) < 4.78 is 0. The molecule has 4 rings (SSSR count). The highest BCUT2D eigenvalue weighted by Gasteiger charge is 2.28. The average Bonchev–Trinajstić information content (AvgIpc) is 2.95. The second kappa shape index (κ2) is 6.55. The van der Waals surface area contributed by atoms with Crippen LogP contribution in [-0.4, -0.2) is 55.4 Å². The van der Waals surface area contributed by atoms with Gasteiger partial charge in [0.2, 0.25) is 0 Å². The number of anilines is 2. The summed E-state index contributed by atoms with van der Waals surface area (Å²) in [6.45, 7) is 6.83. The van der Waals surface area contributed by atoms with E-state index in [-0.39, 0.29) is 0 Å². The molecule has 0 atom stereocenters. The van der Waals surface area contributed by atoms with Gasteiger partial charge in [-0.15, -0.1) is 17.8 Å². The highest BCUT2D eigenvalue weighted by Crippen LogP contribution is 2.43. The van der Waals surface area contributed by atoms with E-state index in [1.165, 1.54) is 15.4 Å². The number of thiophene rings is 1. The lowest BCUT2D eigenvalue weighted by Crippen LogP contribution is -2.47. The van der Waals surface area contributed by atoms with Crippen molar-refractivity contribution in [1.82, 2.24) is 9.80 Å². The summed E-state index contributed by atoms with van der Waals surface area (Å²) in [5, 5.41) is 1.21. The summed E-state index contributed by atoms with van der Waals surface area (Å²) in [6.07, 6.45) is 5.68. The third-order valence-electron chi connectivity index (χ3n) is 4.77. The lowest BCUT2D eigenvalue weighted by Gasteiger charge is -2.34. The standard InChI is InChI=1S/C20H22N4S/c1-4-9-24-18-8-6-5-7-17(18)21-19(16-14-15(2)25-20(16)24)23-12-10-22(3)11-13-23/h1,5-8,14H,9-13H2,2-3H3. The van der Waals surface area contributed by atoms with Crippen LogP contribution in [0.15, 0.2) is 35.3 Å². The van der Waals surface area contributed by atoms with Gasteiger partial charge < -0.3 is 14.7 Å². The summed E-state index contributed by atoms with van der Waals surface area (Å²) in [5.41, 5.74) is 3.29. The van der Waals surface area contributed by atoms with Crippen molar-refractivity contribution in [3.05, 3.63) is 40.8 Å². The van der Waals surface area contributed by atoms with Crippen LogP contribution in [0.5, 0.6) is 0 Å². The fourth-order valence-electron chi connectivity index (χ4n) is 3.44. The Bertz CT molecular complexity index is 853. The number of aryl methyl sites for hydroxylation is 1. The number of benzene rings is 1. The molecule has 0 aliphatic carbocycles. The summed E-state index contributed by atoms with van der Waals surface area (Å²) in [6, 6.07) is 10.5. The quantitative estimate of drug-likeness (QED) is 0.735. The van der Waals surface area contributed by atoms with Crippen molar-refractivity contribution in [1.29, 1.82) is 0 Å². The van der Waals surface area contributed by atoms with Gasteiger partial charge in [-0.3, -0.25) is 0 Å². The second-order valence-corrected chi connectivity index (χ2v) is 7.82. The van der Waals surface area contributed by atoms with Crippen LogP contribution in [0.3, 0.4) is 0 Å². The molecule has 1 saturated heterocycles. The third-order valence-corrected chi connectivity index (χ3v) is 5.85. The molecule has 0 radical (unpaired) electrons. The largest absolute Gasteiger partial charge is 0.353 e. The predicted octanol–water partition coefficient (Wildman–Crippen LogP) is 3.47. The molecule has 3 heterocycles. The monoisotopic (exact) mass is 350 g/mol. The van der Waals surface area contributed by atoms with E-state index in [0.29, 0.717) is 6.54 Å². The van der Waals surface area contributed by atoms with Crippen LogP contribution in [0.1, 0.15) is 10.4 Å². The number of fused-ring (bicyclic) bond motifs is 2. The van der Waals surface area contributed by atoms with Gasteiger partial charge in [0.25, 0.3) is 0 Å². The summed E-state index contributed by atoms with van der Waals surface area (Å²) in [4.78, 5) is 13.4. The van der Waals surface area contributed by atoms with Crippen molar-refractivity contribution in [2.75, 3.05) is 44.7 Å². The Hall–Kier alpha value is -2.29. The Morgan fingerprint density at radius 1 is 1.20 bits per heavy atom. The first-order chi connectivity index (χ1) is 12.2. The van der Waals surface area contributed by atoms with E-state index < -0.39 is 0 Å². The molecule has 0 spiro atoms. The first kappa shape index (κ1) is 16.2. The van der Waals surface area contributed by atoms with Gasteiger partial charge in [0, 0.05) is 31.1 Å². The Morgan fingerprint density at radius 3 is 2.72 bits per heavy atom. The highest BCUT2D eigenvalue weighted by molar-refractivity contribution is 7.16. The number of piperazine rings is 1. The van der Waals surface area contributed by atoms with Gasteiger partial charge in [0.05, 0.1) is 23.5 Å². The summed E-state index contributed by atoms with van der Waals surface area (Å²) in [7, 11) is 2.18. The van der Waals surface area contributed by atoms with Crippen LogP contribution >= 0.6 is 11.3 Å². The molecule has 0 bridgehead atoms. The molecule has 1 fully saturated rings. The molecule has 0 amide bonds. The number of terminal acetylenes is 1. The van der Waals surface area contributed by atoms with Crippen LogP contribution in [0.2, 0.25) is 0 Å². The van der Waals surface area contributed by atoms with E-state index in [1.807, 2.05) is 6.07 Å². The molecule has 2 aromatic rings. The zero-order valence-corrected chi connectivity index (χ0v) is 15.5. The number of amidine groups is 1. The molecule has 2 aliphatic heterocycles. The molecule has 0 unspecified atom stereocenters. The van der Waals surface area contributed by atoms with Gasteiger partial charge in [0.15, 0.2) is 0 Å². The number of hydrogen-bond acceptors (Lipinski definition) is 5. The normalized spacial score (nSPS) is 17.4. The minimum atomic E-state index is 0.551. The van der Waals surface area contributed by atoms with Gasteiger partial charge in [0.1, 0.15) is 10.8 Å². The molecule has 4 nitrogen and oxygen atoms in total. The van der Waals surface area contributed by atoms with Gasteiger partial charge in [-0.1, -0.05) is 18.1 Å². The number of para-hydroxylation sites is 2. The Kier molecular flexibility index (Phi) is 4.24. The van der Waals surface area contributed by atoms with Gasteiger partial charge in [-0.05, 0) is 32.2 Å². The van der Waals surface area contributed by atoms with Crippen molar-refractivity contribution in [3.8, 4) is 12.3 Å². The highest BCUT2D eigenvalue weighted by atomic mass is 32.1. The molecule has 1 aromatic heterocycles. The van der Waals surface area contributed by atoms with E-state index in [2.05, 4.69) is 58.9 Å². The SMILES string of the molecule is C#CCN1c2ccccc2N=C(N2CCN(C)CC2)c2cc(C)sc21. The lowest BCUT2D eigenvalue weighted by atomic mass is 10.2. The fraction of sp³-hybridized carbons (Fsp3) is 0.350. The van der Waals surface area contributed by atoms with Crippen molar-refractivity contribution < 1.29 is 0 Å². The number of nitrogens with zero attached hydrogens (tertiary/aromatic N) is 4. The van der Waals surface area contributed by atoms with E-state index in [4.69, 9.17) is 11.4 Å². The number of aliphatic imine (C=N–C) groups is 1. The third kappa shape index (κ3) is 2.92. The van der Waals surface area contributed by atoms with Crippen LogP contribution in [0.25, 0.3) is 0 Å². The molecular weight excluding hydrogens is 328 g/mol. The van der Waals surface area contributed by atoms with Crippen LogP contribution in [0.4, 0.5) is 16.4 Å². The lowest BCUT2D eigenvalue weighted by molar-refractivity contribution is 0.216. The first-order valence-electron chi connectivity index (χ1n) is 8.60. The molecule has 2 aliphatic rings. The van der Waals surface area contributed by atoms with Gasteiger partial charge in [-0.25, -0.2) is 4.99 Å². The number of hydrogen-bond donors (Lipinski definition) is 0. The van der Waals surface area contributed by atoms with Crippen molar-refractivity contribution in [3.63, 3.8) is 0 Å². The Morgan fingerprint density at radius 2 is 1.96 bits per heavy atom. The van der Waals surface area contributed by atoms with Gasteiger partial charge >= 0.3 is 0 Å². The molecule has 1 aromatic carbocycles. The van der Waals surface area contributed by atoms with Gasteiger partial charge in [-0.2, -0.15) is 0 Å². The maximum atomic E-state index is 5.68. The molecule has 0 N–H and O–H groups in total. The molecule has 0 saturated carbocycles. The smallest absolute Gasteiger partial charge is 0.139 e. The molecule has 128 valence electrons. The van der Waals surface area contributed by atoms with E-state index in [1.54, 1.807) is 11.3 Å². The second-order valence-electron chi connectivity index (χ2n) is 6.58. The Labute approximate surface area is 153 Å². The number of likely N-dealkylation sites (N-methyl/N-ethyl adjacent to an activating group) is 1. The maximum absolute atomic E-state index is 5.68. The summed E-state index contributed by atoms with van der Waals surface area (Å²) in [5.74, 6) is 3.90. The average molecular weight is 350 g/mol. The zero-order valence-electron chi connectivity index (χ0n) is 14.7. The zero-order chi connectivity index (χ0) is 17.4. The molecular formula is C20H22N4S. The van der Waals surface area contributed by atoms with Crippen molar-refractivity contribution >= 4 is 33.5 Å². The van der Waals surface area contributed by atoms with E-state index >= 15 is 0 Å².